The highest BCUT2D eigenvalue weighted by Gasteiger charge is 2.22. The van der Waals surface area contributed by atoms with Crippen LogP contribution in [0.25, 0.3) is 0 Å². The molecule has 0 aliphatic carbocycles. The Labute approximate surface area is 184 Å². The van der Waals surface area contributed by atoms with Gasteiger partial charge in [-0.05, 0) is 103 Å². The molecule has 30 heavy (non-hydrogen) atoms. The van der Waals surface area contributed by atoms with Crippen LogP contribution in [0.5, 0.6) is 0 Å². The molecule has 168 valence electrons. The van der Waals surface area contributed by atoms with Gasteiger partial charge in [-0.3, -0.25) is 0 Å². The van der Waals surface area contributed by atoms with Crippen LogP contribution in [0.3, 0.4) is 0 Å². The van der Waals surface area contributed by atoms with E-state index in [1.807, 2.05) is 0 Å². The minimum absolute atomic E-state index is 0.296. The van der Waals surface area contributed by atoms with Gasteiger partial charge < -0.3 is 24.3 Å². The molecule has 5 nitrogen and oxygen atoms in total. The Balaban J connectivity index is 1.48. The van der Waals surface area contributed by atoms with Gasteiger partial charge in [0.05, 0.1) is 12.7 Å². The van der Waals surface area contributed by atoms with Gasteiger partial charge in [0.25, 0.3) is 0 Å². The van der Waals surface area contributed by atoms with Crippen molar-refractivity contribution in [1.82, 2.24) is 19.6 Å². The summed E-state index contributed by atoms with van der Waals surface area (Å²) in [5.41, 5.74) is 1.29. The van der Waals surface area contributed by atoms with E-state index in [0.717, 1.165) is 19.7 Å². The van der Waals surface area contributed by atoms with E-state index >= 15 is 0 Å². The first-order valence-corrected chi connectivity index (χ1v) is 12.4. The van der Waals surface area contributed by atoms with E-state index in [4.69, 9.17) is 4.74 Å². The van der Waals surface area contributed by atoms with Crippen LogP contribution < -0.4 is 0 Å². The molecule has 1 aromatic carbocycles. The molecular formula is C25H42N4O. The number of hydrogen-bond acceptors (Lipinski definition) is 5. The molecule has 4 bridgehead atoms. The van der Waals surface area contributed by atoms with Gasteiger partial charge in [-0.25, -0.2) is 0 Å². The van der Waals surface area contributed by atoms with E-state index in [9.17, 15) is 0 Å². The SMILES string of the molecule is c1ccc(COC2CN3CCCN4CCCN(CCC3)CCCN(CCC4)C2)cc1. The van der Waals surface area contributed by atoms with Gasteiger partial charge in [-0.2, -0.15) is 0 Å². The average Bonchev–Trinajstić information content (AvgIpc) is 2.73. The Kier molecular flexibility index (Phi) is 9.01. The lowest BCUT2D eigenvalue weighted by atomic mass is 10.1. The summed E-state index contributed by atoms with van der Waals surface area (Å²) in [6.45, 7) is 15.3. The van der Waals surface area contributed by atoms with Gasteiger partial charge in [-0.1, -0.05) is 30.3 Å². The van der Waals surface area contributed by atoms with E-state index in [1.165, 1.54) is 103 Å². The number of ether oxygens (including phenoxy) is 1. The third-order valence-electron chi connectivity index (χ3n) is 7.00. The van der Waals surface area contributed by atoms with Crippen LogP contribution >= 0.6 is 0 Å². The summed E-state index contributed by atoms with van der Waals surface area (Å²) in [6, 6.07) is 10.7. The lowest BCUT2D eigenvalue weighted by molar-refractivity contribution is -0.0116. The molecule has 5 rings (SSSR count). The van der Waals surface area contributed by atoms with Crippen molar-refractivity contribution in [2.75, 3.05) is 78.5 Å². The third-order valence-corrected chi connectivity index (χ3v) is 7.00. The van der Waals surface area contributed by atoms with Crippen molar-refractivity contribution in [1.29, 1.82) is 0 Å². The lowest BCUT2D eigenvalue weighted by Crippen LogP contribution is -2.47. The van der Waals surface area contributed by atoms with Gasteiger partial charge in [0.2, 0.25) is 0 Å². The first-order chi connectivity index (χ1) is 14.8. The van der Waals surface area contributed by atoms with Crippen LogP contribution in [0.15, 0.2) is 30.3 Å². The molecule has 0 aromatic heterocycles. The first-order valence-electron chi connectivity index (χ1n) is 12.4. The predicted molar refractivity (Wildman–Crippen MR) is 124 cm³/mol. The van der Waals surface area contributed by atoms with Gasteiger partial charge >= 0.3 is 0 Å². The van der Waals surface area contributed by atoms with E-state index < -0.39 is 0 Å². The molecule has 4 heterocycles. The van der Waals surface area contributed by atoms with Crippen LogP contribution in [-0.2, 0) is 11.3 Å². The summed E-state index contributed by atoms with van der Waals surface area (Å²) in [5, 5.41) is 0. The zero-order chi connectivity index (χ0) is 20.4. The Bertz CT molecular complexity index is 548. The molecule has 0 spiro atoms. The maximum Gasteiger partial charge on any atom is 0.0833 e. The smallest absolute Gasteiger partial charge is 0.0833 e. The summed E-state index contributed by atoms with van der Waals surface area (Å²) in [5.74, 6) is 0. The fraction of sp³-hybridized carbons (Fsp3) is 0.760. The fourth-order valence-electron chi connectivity index (χ4n) is 5.38. The Morgan fingerprint density at radius 1 is 0.567 bits per heavy atom. The van der Waals surface area contributed by atoms with Crippen molar-refractivity contribution in [3.8, 4) is 0 Å². The highest BCUT2D eigenvalue weighted by atomic mass is 16.5. The summed E-state index contributed by atoms with van der Waals surface area (Å²) in [7, 11) is 0. The quantitative estimate of drug-likeness (QED) is 0.756. The van der Waals surface area contributed by atoms with Crippen molar-refractivity contribution in [3.63, 3.8) is 0 Å². The monoisotopic (exact) mass is 414 g/mol. The summed E-state index contributed by atoms with van der Waals surface area (Å²) < 4.78 is 6.55. The topological polar surface area (TPSA) is 22.2 Å². The molecule has 4 fully saturated rings. The number of hydrogen-bond donors (Lipinski definition) is 0. The van der Waals surface area contributed by atoms with Gasteiger partial charge in [0.15, 0.2) is 0 Å². The maximum absolute atomic E-state index is 6.55. The van der Waals surface area contributed by atoms with Crippen molar-refractivity contribution in [2.45, 2.75) is 44.8 Å². The van der Waals surface area contributed by atoms with Crippen LogP contribution in [0.2, 0.25) is 0 Å². The minimum atomic E-state index is 0.296. The Morgan fingerprint density at radius 2 is 0.967 bits per heavy atom. The van der Waals surface area contributed by atoms with E-state index in [1.54, 1.807) is 0 Å². The van der Waals surface area contributed by atoms with Gasteiger partial charge in [0, 0.05) is 13.1 Å². The molecular weight excluding hydrogens is 372 g/mol. The zero-order valence-corrected chi connectivity index (χ0v) is 18.9. The summed E-state index contributed by atoms with van der Waals surface area (Å²) in [6.07, 6.45) is 6.79. The van der Waals surface area contributed by atoms with Crippen molar-refractivity contribution in [3.05, 3.63) is 35.9 Å². The van der Waals surface area contributed by atoms with Crippen LogP contribution in [0, 0.1) is 0 Å². The third kappa shape index (κ3) is 7.31. The predicted octanol–water partition coefficient (Wildman–Crippen LogP) is 2.77. The normalized spacial score (nSPS) is 34.3. The van der Waals surface area contributed by atoms with Crippen LogP contribution in [-0.4, -0.2) is 104 Å². The second kappa shape index (κ2) is 12.2. The lowest BCUT2D eigenvalue weighted by Gasteiger charge is -2.36. The van der Waals surface area contributed by atoms with E-state index in [0.29, 0.717) is 6.10 Å². The highest BCUT2D eigenvalue weighted by Crippen LogP contribution is 2.13. The number of rotatable bonds is 3. The summed E-state index contributed by atoms with van der Waals surface area (Å²) >= 11 is 0. The van der Waals surface area contributed by atoms with Crippen LogP contribution in [0.4, 0.5) is 0 Å². The Hall–Kier alpha value is -0.980. The second-order valence-electron chi connectivity index (χ2n) is 9.47. The zero-order valence-electron chi connectivity index (χ0n) is 18.9. The molecule has 4 aliphatic heterocycles. The molecule has 0 amide bonds. The number of benzene rings is 1. The first kappa shape index (κ1) is 22.2. The molecule has 4 aliphatic rings. The van der Waals surface area contributed by atoms with E-state index in [-0.39, 0.29) is 0 Å². The number of fused-ring (bicyclic) bond motifs is 12. The van der Waals surface area contributed by atoms with Crippen LogP contribution in [0.1, 0.15) is 37.7 Å². The molecule has 5 heteroatoms. The molecule has 0 unspecified atom stereocenters. The molecule has 0 radical (unpaired) electrons. The van der Waals surface area contributed by atoms with Crippen molar-refractivity contribution < 1.29 is 4.74 Å². The highest BCUT2D eigenvalue weighted by molar-refractivity contribution is 5.13. The Morgan fingerprint density at radius 3 is 1.40 bits per heavy atom. The van der Waals surface area contributed by atoms with E-state index in [2.05, 4.69) is 49.9 Å². The molecule has 0 saturated carbocycles. The van der Waals surface area contributed by atoms with Gasteiger partial charge in [-0.15, -0.1) is 0 Å². The molecule has 4 saturated heterocycles. The minimum Gasteiger partial charge on any atom is -0.371 e. The second-order valence-corrected chi connectivity index (χ2v) is 9.47. The molecule has 0 atom stereocenters. The molecule has 0 N–H and O–H groups in total. The fourth-order valence-corrected chi connectivity index (χ4v) is 5.38. The summed E-state index contributed by atoms with van der Waals surface area (Å²) in [4.78, 5) is 10.9. The molecule has 1 aromatic rings. The maximum atomic E-state index is 6.55. The van der Waals surface area contributed by atoms with Crippen molar-refractivity contribution >= 4 is 0 Å². The number of nitrogens with zero attached hydrogens (tertiary/aromatic N) is 4. The average molecular weight is 415 g/mol. The largest absolute Gasteiger partial charge is 0.371 e. The van der Waals surface area contributed by atoms with Crippen molar-refractivity contribution in [2.24, 2.45) is 0 Å². The standard InChI is InChI=1S/C25H42N4O/c1-2-9-24(10-3-1)23-30-25-21-28-17-5-13-26-11-4-12-27(15-7-18-28)16-8-20-29(22-25)19-6-14-26/h1-3,9-10,25H,4-8,11-23H2. The van der Waals surface area contributed by atoms with Gasteiger partial charge in [0.1, 0.15) is 0 Å².